The molecule has 1 N–H and O–H groups in total. The third-order valence-electron chi connectivity index (χ3n) is 11.5. The number of nitrogens with one attached hydrogen (secondary N) is 1. The zero-order chi connectivity index (χ0) is 35.3. The molecule has 6 aromatic rings. The summed E-state index contributed by atoms with van der Waals surface area (Å²) in [6.45, 7) is 5.01. The summed E-state index contributed by atoms with van der Waals surface area (Å²) in [6, 6.07) is 44.5. The molecule has 0 aliphatic heterocycles. The van der Waals surface area contributed by atoms with Crippen molar-refractivity contribution < 1.29 is 0 Å². The highest BCUT2D eigenvalue weighted by Gasteiger charge is 2.43. The van der Waals surface area contributed by atoms with E-state index in [9.17, 15) is 0 Å². The third-order valence-corrected chi connectivity index (χ3v) is 11.5. The molecule has 2 nitrogen and oxygen atoms in total. The molecule has 10 rings (SSSR count). The number of hydrogen-bond acceptors (Lipinski definition) is 1. The van der Waals surface area contributed by atoms with Gasteiger partial charge in [0.25, 0.3) is 0 Å². The first-order chi connectivity index (χ1) is 26.2. The molecule has 256 valence electrons. The first-order valence-electron chi connectivity index (χ1n) is 19.1. The maximum atomic E-state index is 4.29. The maximum absolute atomic E-state index is 4.29. The lowest BCUT2D eigenvalue weighted by Crippen LogP contribution is -2.03. The van der Waals surface area contributed by atoms with E-state index >= 15 is 0 Å². The van der Waals surface area contributed by atoms with Gasteiger partial charge in [0, 0.05) is 40.5 Å². The average molecular weight is 683 g/mol. The van der Waals surface area contributed by atoms with Gasteiger partial charge in [-0.2, -0.15) is 0 Å². The molecule has 5 aromatic carbocycles. The van der Waals surface area contributed by atoms with Gasteiger partial charge in [-0.15, -0.1) is 0 Å². The fraction of sp³-hybridized carbons (Fsp3) is 0.137. The van der Waals surface area contributed by atoms with Gasteiger partial charge in [-0.25, -0.2) is 0 Å². The van der Waals surface area contributed by atoms with Crippen LogP contribution in [0.2, 0.25) is 0 Å². The molecule has 53 heavy (non-hydrogen) atoms. The molecule has 4 unspecified atom stereocenters. The minimum absolute atomic E-state index is 0.597. The number of benzene rings is 5. The molecule has 4 aliphatic carbocycles. The highest BCUT2D eigenvalue weighted by atomic mass is 15.0. The predicted molar refractivity (Wildman–Crippen MR) is 224 cm³/mol. The van der Waals surface area contributed by atoms with Crippen molar-refractivity contribution in [2.75, 3.05) is 11.9 Å². The minimum atomic E-state index is 0.597. The van der Waals surface area contributed by atoms with Crippen molar-refractivity contribution in [2.45, 2.75) is 18.8 Å². The first kappa shape index (κ1) is 31.6. The van der Waals surface area contributed by atoms with E-state index in [2.05, 4.69) is 192 Å². The van der Waals surface area contributed by atoms with E-state index in [1.54, 1.807) is 0 Å². The van der Waals surface area contributed by atoms with E-state index in [1.807, 2.05) is 0 Å². The number of anilines is 1. The summed E-state index contributed by atoms with van der Waals surface area (Å²) >= 11 is 0. The Bertz CT molecular complexity index is 2540. The highest BCUT2D eigenvalue weighted by Crippen LogP contribution is 2.55. The van der Waals surface area contributed by atoms with Crippen molar-refractivity contribution >= 4 is 22.7 Å². The summed E-state index contributed by atoms with van der Waals surface area (Å²) < 4.78 is 2.55. The Balaban J connectivity index is 0.995. The van der Waals surface area contributed by atoms with Crippen molar-refractivity contribution in [1.82, 2.24) is 4.57 Å². The summed E-state index contributed by atoms with van der Waals surface area (Å²) in [5.41, 5.74) is 16.1. The van der Waals surface area contributed by atoms with E-state index in [-0.39, 0.29) is 0 Å². The van der Waals surface area contributed by atoms with Crippen LogP contribution in [0.4, 0.5) is 5.69 Å². The van der Waals surface area contributed by atoms with E-state index < -0.39 is 0 Å². The second-order valence-corrected chi connectivity index (χ2v) is 15.0. The predicted octanol–water partition coefficient (Wildman–Crippen LogP) is 13.0. The van der Waals surface area contributed by atoms with Crippen LogP contribution in [0.25, 0.3) is 56.0 Å². The summed E-state index contributed by atoms with van der Waals surface area (Å²) in [4.78, 5) is 0. The number of fused-ring (bicyclic) bond motifs is 6. The molecule has 0 radical (unpaired) electrons. The van der Waals surface area contributed by atoms with Crippen LogP contribution in [0, 0.1) is 17.8 Å². The largest absolute Gasteiger partial charge is 0.382 e. The Kier molecular flexibility index (Phi) is 7.83. The molecule has 4 atom stereocenters. The molecule has 4 aliphatic rings. The Labute approximate surface area is 312 Å². The lowest BCUT2D eigenvalue weighted by molar-refractivity contribution is 0.896. The van der Waals surface area contributed by atoms with Gasteiger partial charge < -0.3 is 9.88 Å². The normalized spacial score (nSPS) is 20.6. The van der Waals surface area contributed by atoms with Gasteiger partial charge in [0.15, 0.2) is 0 Å². The van der Waals surface area contributed by atoms with E-state index in [4.69, 9.17) is 0 Å². The molecular weight excluding hydrogens is 641 g/mol. The summed E-state index contributed by atoms with van der Waals surface area (Å²) in [6.07, 6.45) is 22.7. The van der Waals surface area contributed by atoms with Crippen LogP contribution in [0.15, 0.2) is 188 Å². The average Bonchev–Trinajstić information content (AvgIpc) is 4.15. The summed E-state index contributed by atoms with van der Waals surface area (Å²) in [7, 11) is 0. The third kappa shape index (κ3) is 5.95. The molecule has 0 spiro atoms. The Hall–Kier alpha value is -6.12. The molecule has 2 fully saturated rings. The molecular formula is C51H42N2. The van der Waals surface area contributed by atoms with Crippen molar-refractivity contribution in [2.24, 2.45) is 17.8 Å². The molecule has 2 heteroatoms. The second-order valence-electron chi connectivity index (χ2n) is 15.0. The molecule has 1 heterocycles. The Morgan fingerprint density at radius 1 is 0.679 bits per heavy atom. The van der Waals surface area contributed by atoms with Crippen LogP contribution < -0.4 is 5.32 Å². The molecule has 2 saturated carbocycles. The first-order valence-corrected chi connectivity index (χ1v) is 19.1. The topological polar surface area (TPSA) is 17.0 Å². The number of aromatic nitrogens is 1. The van der Waals surface area contributed by atoms with Gasteiger partial charge in [0.1, 0.15) is 0 Å². The monoisotopic (exact) mass is 682 g/mol. The minimum Gasteiger partial charge on any atom is -0.382 e. The standard InChI is InChI=1S/C51H42N2/c1-34(37-20-21-38-30-40(38)29-37)13-5-4-12-28-52-41-23-26-43(47(32-41)35-14-6-2-7-15-35)44-27-24-42(33-48(44)36-16-8-3-9-17-36)53-50-19-11-10-18-45(50)46-25-22-39-31-49(39)51(46)53/h2-27,29,32-33,38-40,49,52H,1,28,30-31H2/b12-4-,13-5-. The van der Waals surface area contributed by atoms with Crippen LogP contribution >= 0.6 is 0 Å². The molecule has 0 bridgehead atoms. The molecule has 1 aromatic heterocycles. The Morgan fingerprint density at radius 2 is 1.40 bits per heavy atom. The van der Waals surface area contributed by atoms with Gasteiger partial charge in [-0.3, -0.25) is 0 Å². The van der Waals surface area contributed by atoms with Crippen molar-refractivity contribution in [3.05, 3.63) is 199 Å². The van der Waals surface area contributed by atoms with Crippen molar-refractivity contribution in [3.63, 3.8) is 0 Å². The van der Waals surface area contributed by atoms with Crippen LogP contribution in [-0.4, -0.2) is 11.1 Å². The molecule has 0 saturated heterocycles. The zero-order valence-electron chi connectivity index (χ0n) is 29.8. The number of rotatable bonds is 10. The van der Waals surface area contributed by atoms with E-state index in [0.29, 0.717) is 11.8 Å². The summed E-state index contributed by atoms with van der Waals surface area (Å²) in [5.74, 6) is 2.77. The second kappa shape index (κ2) is 13.1. The van der Waals surface area contributed by atoms with Gasteiger partial charge >= 0.3 is 0 Å². The maximum Gasteiger partial charge on any atom is 0.0537 e. The van der Waals surface area contributed by atoms with Crippen LogP contribution in [0.5, 0.6) is 0 Å². The van der Waals surface area contributed by atoms with Crippen LogP contribution in [-0.2, 0) is 0 Å². The quantitative estimate of drug-likeness (QED) is 0.142. The number of hydrogen-bond donors (Lipinski definition) is 1. The number of allylic oxidation sites excluding steroid dienone is 9. The highest BCUT2D eigenvalue weighted by molar-refractivity contribution is 5.96. The van der Waals surface area contributed by atoms with Gasteiger partial charge in [0.05, 0.1) is 5.52 Å². The van der Waals surface area contributed by atoms with Gasteiger partial charge in [-0.05, 0) is 105 Å². The zero-order valence-corrected chi connectivity index (χ0v) is 29.8. The van der Waals surface area contributed by atoms with Gasteiger partial charge in [-0.1, -0.05) is 152 Å². The van der Waals surface area contributed by atoms with E-state index in [1.165, 1.54) is 79.6 Å². The molecule has 0 amide bonds. The van der Waals surface area contributed by atoms with Crippen molar-refractivity contribution in [3.8, 4) is 39.1 Å². The number of para-hydroxylation sites is 1. The summed E-state index contributed by atoms with van der Waals surface area (Å²) in [5, 5.41) is 4.99. The van der Waals surface area contributed by atoms with E-state index in [0.717, 1.165) is 29.6 Å². The SMILES string of the molecule is C=C(/C=C\C=C/CNc1ccc(-c2ccc(-n3c4c(c5ccccc53)C=CC3CC43)cc2-c2ccccc2)c(-c2ccccc2)c1)C1=CC2CC2C=C1. The van der Waals surface area contributed by atoms with Crippen molar-refractivity contribution in [1.29, 1.82) is 0 Å². The van der Waals surface area contributed by atoms with Crippen LogP contribution in [0.1, 0.15) is 30.0 Å². The lowest BCUT2D eigenvalue weighted by Gasteiger charge is -2.19. The Morgan fingerprint density at radius 3 is 2.19 bits per heavy atom. The fourth-order valence-electron chi connectivity index (χ4n) is 8.54. The van der Waals surface area contributed by atoms with Crippen LogP contribution in [0.3, 0.4) is 0 Å². The fourth-order valence-corrected chi connectivity index (χ4v) is 8.54. The number of nitrogens with zero attached hydrogens (tertiary/aromatic N) is 1. The van der Waals surface area contributed by atoms with Gasteiger partial charge in [0.2, 0.25) is 0 Å². The smallest absolute Gasteiger partial charge is 0.0537 e. The lowest BCUT2D eigenvalue weighted by atomic mass is 9.88.